The van der Waals surface area contributed by atoms with Crippen LogP contribution in [0, 0.1) is 0 Å². The summed E-state index contributed by atoms with van der Waals surface area (Å²) in [4.78, 5) is 11.3. The number of carbonyl (C=O) groups excluding carboxylic acids is 1. The number of esters is 1. The fourth-order valence-corrected chi connectivity index (χ4v) is 2.07. The lowest BCUT2D eigenvalue weighted by Crippen LogP contribution is -1.98. The highest BCUT2D eigenvalue weighted by atomic mass is 35.5. The first kappa shape index (κ1) is 16.1. The number of benzene rings is 2. The Morgan fingerprint density at radius 2 is 1.95 bits per heavy atom. The molecule has 0 saturated carbocycles. The number of rotatable bonds is 6. The highest BCUT2D eigenvalue weighted by Crippen LogP contribution is 2.26. The summed E-state index contributed by atoms with van der Waals surface area (Å²) in [7, 11) is 0. The predicted molar refractivity (Wildman–Crippen MR) is 87.9 cm³/mol. The molecule has 4 heteroatoms. The molecule has 0 bridgehead atoms. The smallest absolute Gasteiger partial charge is 0.330 e. The molecule has 0 spiro atoms. The third kappa shape index (κ3) is 4.93. The second-order valence-corrected chi connectivity index (χ2v) is 4.96. The molecule has 0 N–H and O–H groups in total. The van der Waals surface area contributed by atoms with E-state index in [-0.39, 0.29) is 5.97 Å². The van der Waals surface area contributed by atoms with Crippen molar-refractivity contribution in [2.45, 2.75) is 13.5 Å². The molecule has 0 aromatic heterocycles. The Morgan fingerprint density at radius 3 is 2.64 bits per heavy atom. The van der Waals surface area contributed by atoms with Gasteiger partial charge in [0.15, 0.2) is 0 Å². The molecule has 114 valence electrons. The van der Waals surface area contributed by atoms with Crippen LogP contribution in [0.4, 0.5) is 0 Å². The molecule has 0 atom stereocenters. The van der Waals surface area contributed by atoms with Crippen LogP contribution in [0.15, 0.2) is 54.6 Å². The van der Waals surface area contributed by atoms with Gasteiger partial charge in [-0.3, -0.25) is 0 Å². The molecule has 0 heterocycles. The van der Waals surface area contributed by atoms with Gasteiger partial charge in [0.05, 0.1) is 11.6 Å². The molecular formula is C18H17ClO3. The lowest BCUT2D eigenvalue weighted by Gasteiger charge is -2.08. The monoisotopic (exact) mass is 316 g/mol. The van der Waals surface area contributed by atoms with Crippen LogP contribution < -0.4 is 4.74 Å². The van der Waals surface area contributed by atoms with Gasteiger partial charge in [-0.25, -0.2) is 4.79 Å². The maximum absolute atomic E-state index is 11.3. The Bertz CT molecular complexity index is 651. The molecule has 0 aliphatic carbocycles. The maximum atomic E-state index is 11.3. The standard InChI is InChI=1S/C18H17ClO3/c1-2-21-18(20)11-9-14-8-10-17(16(19)12-14)22-13-15-6-4-3-5-7-15/h3-12H,2,13H2,1H3. The van der Waals surface area contributed by atoms with E-state index >= 15 is 0 Å². The Balaban J connectivity index is 1.99. The lowest BCUT2D eigenvalue weighted by atomic mass is 10.2. The van der Waals surface area contributed by atoms with Crippen molar-refractivity contribution >= 4 is 23.6 Å². The van der Waals surface area contributed by atoms with Crippen LogP contribution in [0.5, 0.6) is 5.75 Å². The minimum absolute atomic E-state index is 0.357. The quantitative estimate of drug-likeness (QED) is 0.581. The van der Waals surface area contributed by atoms with Gasteiger partial charge in [0, 0.05) is 6.08 Å². The molecule has 22 heavy (non-hydrogen) atoms. The number of carbonyl (C=O) groups is 1. The fraction of sp³-hybridized carbons (Fsp3) is 0.167. The van der Waals surface area contributed by atoms with Gasteiger partial charge in [0.2, 0.25) is 0 Å². The molecule has 0 fully saturated rings. The Hall–Kier alpha value is -2.26. The molecule has 2 aromatic carbocycles. The van der Waals surface area contributed by atoms with Gasteiger partial charge in [0.25, 0.3) is 0 Å². The van der Waals surface area contributed by atoms with Crippen LogP contribution >= 0.6 is 11.6 Å². The van der Waals surface area contributed by atoms with Crippen molar-refractivity contribution in [1.82, 2.24) is 0 Å². The van der Waals surface area contributed by atoms with Crippen LogP contribution in [-0.4, -0.2) is 12.6 Å². The molecule has 3 nitrogen and oxygen atoms in total. The Labute approximate surface area is 135 Å². The number of ether oxygens (including phenoxy) is 2. The minimum atomic E-state index is -0.372. The van der Waals surface area contributed by atoms with Crippen LogP contribution in [0.3, 0.4) is 0 Å². The van der Waals surface area contributed by atoms with Crippen molar-refractivity contribution in [3.63, 3.8) is 0 Å². The highest BCUT2D eigenvalue weighted by molar-refractivity contribution is 6.32. The van der Waals surface area contributed by atoms with Gasteiger partial charge in [-0.2, -0.15) is 0 Å². The molecule has 0 aliphatic rings. The molecule has 0 amide bonds. The molecule has 0 saturated heterocycles. The lowest BCUT2D eigenvalue weighted by molar-refractivity contribution is -0.137. The van der Waals surface area contributed by atoms with E-state index in [9.17, 15) is 4.79 Å². The van der Waals surface area contributed by atoms with E-state index in [1.54, 1.807) is 25.1 Å². The number of hydrogen-bond acceptors (Lipinski definition) is 3. The molecule has 2 aromatic rings. The molecule has 0 radical (unpaired) electrons. The summed E-state index contributed by atoms with van der Waals surface area (Å²) < 4.78 is 10.5. The second kappa shape index (κ2) is 8.25. The molecule has 0 aliphatic heterocycles. The van der Waals surface area contributed by atoms with Crippen molar-refractivity contribution in [2.24, 2.45) is 0 Å². The van der Waals surface area contributed by atoms with Gasteiger partial charge < -0.3 is 9.47 Å². The third-order valence-corrected chi connectivity index (χ3v) is 3.19. The first-order chi connectivity index (χ1) is 10.7. The first-order valence-electron chi connectivity index (χ1n) is 7.00. The van der Waals surface area contributed by atoms with Crippen LogP contribution in [0.25, 0.3) is 6.08 Å². The van der Waals surface area contributed by atoms with Crippen LogP contribution in [0.1, 0.15) is 18.1 Å². The largest absolute Gasteiger partial charge is 0.487 e. The zero-order valence-corrected chi connectivity index (χ0v) is 13.0. The topological polar surface area (TPSA) is 35.5 Å². The van der Waals surface area contributed by atoms with Crippen molar-refractivity contribution in [2.75, 3.05) is 6.61 Å². The highest BCUT2D eigenvalue weighted by Gasteiger charge is 2.03. The van der Waals surface area contributed by atoms with E-state index in [2.05, 4.69) is 0 Å². The van der Waals surface area contributed by atoms with Gasteiger partial charge in [-0.1, -0.05) is 48.0 Å². The Morgan fingerprint density at radius 1 is 1.18 bits per heavy atom. The fourth-order valence-electron chi connectivity index (χ4n) is 1.83. The first-order valence-corrected chi connectivity index (χ1v) is 7.38. The summed E-state index contributed by atoms with van der Waals surface area (Å²) in [6.45, 7) is 2.58. The van der Waals surface area contributed by atoms with E-state index in [4.69, 9.17) is 21.1 Å². The summed E-state index contributed by atoms with van der Waals surface area (Å²) in [5, 5.41) is 0.502. The predicted octanol–water partition coefficient (Wildman–Crippen LogP) is 4.50. The average molecular weight is 317 g/mol. The SMILES string of the molecule is CCOC(=O)C=Cc1ccc(OCc2ccccc2)c(Cl)c1. The van der Waals surface area contributed by atoms with Gasteiger partial charge >= 0.3 is 5.97 Å². The second-order valence-electron chi connectivity index (χ2n) is 4.55. The van der Waals surface area contributed by atoms with Crippen LogP contribution in [0.2, 0.25) is 5.02 Å². The zero-order valence-electron chi connectivity index (χ0n) is 12.3. The van der Waals surface area contributed by atoms with Gasteiger partial charge in [0.1, 0.15) is 12.4 Å². The van der Waals surface area contributed by atoms with Crippen molar-refractivity contribution in [1.29, 1.82) is 0 Å². The van der Waals surface area contributed by atoms with Crippen molar-refractivity contribution < 1.29 is 14.3 Å². The summed E-state index contributed by atoms with van der Waals surface area (Å²) in [6, 6.07) is 15.2. The summed E-state index contributed by atoms with van der Waals surface area (Å²) in [6.07, 6.45) is 3.03. The van der Waals surface area contributed by atoms with E-state index in [0.717, 1.165) is 11.1 Å². The Kier molecular flexibility index (Phi) is 6.04. The van der Waals surface area contributed by atoms with E-state index in [1.165, 1.54) is 6.08 Å². The third-order valence-electron chi connectivity index (χ3n) is 2.89. The van der Waals surface area contributed by atoms with Crippen molar-refractivity contribution in [3.8, 4) is 5.75 Å². The number of halogens is 1. The maximum Gasteiger partial charge on any atom is 0.330 e. The molecular weight excluding hydrogens is 300 g/mol. The zero-order chi connectivity index (χ0) is 15.8. The summed E-state index contributed by atoms with van der Waals surface area (Å²) in [5.74, 6) is 0.238. The summed E-state index contributed by atoms with van der Waals surface area (Å²) >= 11 is 6.20. The van der Waals surface area contributed by atoms with Gasteiger partial charge in [-0.15, -0.1) is 0 Å². The molecule has 2 rings (SSSR count). The average Bonchev–Trinajstić information content (AvgIpc) is 2.53. The van der Waals surface area contributed by atoms with Crippen LogP contribution in [-0.2, 0) is 16.1 Å². The van der Waals surface area contributed by atoms with E-state index in [1.807, 2.05) is 36.4 Å². The van der Waals surface area contributed by atoms with Crippen molar-refractivity contribution in [3.05, 3.63) is 70.8 Å². The van der Waals surface area contributed by atoms with Gasteiger partial charge in [-0.05, 0) is 36.3 Å². The number of hydrogen-bond donors (Lipinski definition) is 0. The van der Waals surface area contributed by atoms with E-state index < -0.39 is 0 Å². The minimum Gasteiger partial charge on any atom is -0.487 e. The molecule has 0 unspecified atom stereocenters. The summed E-state index contributed by atoms with van der Waals surface area (Å²) in [5.41, 5.74) is 1.88. The van der Waals surface area contributed by atoms with E-state index in [0.29, 0.717) is 24.0 Å². The normalized spacial score (nSPS) is 10.6.